The number of aromatic amines is 2. The first kappa shape index (κ1) is 24.1. The lowest BCUT2D eigenvalue weighted by atomic mass is 9.87. The smallest absolute Gasteiger partial charge is 0.224 e. The van der Waals surface area contributed by atoms with Gasteiger partial charge in [-0.25, -0.2) is 15.0 Å². The maximum absolute atomic E-state index is 12.7. The highest BCUT2D eigenvalue weighted by Crippen LogP contribution is 2.31. The Morgan fingerprint density at radius 2 is 1.98 bits per heavy atom. The predicted octanol–water partition coefficient (Wildman–Crippen LogP) is 5.36. The Morgan fingerprint density at radius 1 is 1.07 bits per heavy atom. The molecule has 1 fully saturated rings. The fourth-order valence-corrected chi connectivity index (χ4v) is 5.53. The van der Waals surface area contributed by atoms with Gasteiger partial charge < -0.3 is 10.3 Å². The van der Waals surface area contributed by atoms with Crippen molar-refractivity contribution in [1.29, 1.82) is 0 Å². The average Bonchev–Trinajstić information content (AvgIpc) is 3.71. The Labute approximate surface area is 229 Å². The standard InChI is InChI=1S/C29H28N10O/c1-17-15-39(16-33-17)29-27-22(7-8-31-29)35-28(36-27)26-21-11-23(32-14-24(21)37-38-26)19-10-20(13-30-12-19)34-25(40)9-18-5-3-2-4-6-18/h7-8,10-16,18H,2-6,9H2,1H3,(H,34,40)(H,35,36)(H,37,38). The molecule has 11 nitrogen and oxygen atoms in total. The fourth-order valence-electron chi connectivity index (χ4n) is 5.53. The first-order chi connectivity index (χ1) is 19.6. The number of hydrogen-bond acceptors (Lipinski definition) is 7. The van der Waals surface area contributed by atoms with E-state index in [1.165, 1.54) is 19.3 Å². The minimum atomic E-state index is 0.0379. The lowest BCUT2D eigenvalue weighted by molar-refractivity contribution is -0.117. The van der Waals surface area contributed by atoms with E-state index in [0.717, 1.165) is 51.7 Å². The average molecular weight is 533 g/mol. The van der Waals surface area contributed by atoms with Crippen LogP contribution >= 0.6 is 0 Å². The largest absolute Gasteiger partial charge is 0.336 e. The zero-order valence-electron chi connectivity index (χ0n) is 22.1. The number of rotatable bonds is 6. The molecule has 7 rings (SSSR count). The van der Waals surface area contributed by atoms with Crippen LogP contribution in [0.5, 0.6) is 0 Å². The molecular formula is C29H28N10O. The number of pyridine rings is 3. The summed E-state index contributed by atoms with van der Waals surface area (Å²) in [6, 6.07) is 5.76. The second-order valence-electron chi connectivity index (χ2n) is 10.4. The van der Waals surface area contributed by atoms with Gasteiger partial charge in [0.25, 0.3) is 0 Å². The minimum Gasteiger partial charge on any atom is -0.336 e. The van der Waals surface area contributed by atoms with Crippen molar-refractivity contribution in [2.24, 2.45) is 5.92 Å². The van der Waals surface area contributed by atoms with Crippen LogP contribution in [0.1, 0.15) is 44.2 Å². The number of H-pyrrole nitrogens is 2. The molecule has 40 heavy (non-hydrogen) atoms. The van der Waals surface area contributed by atoms with Crippen molar-refractivity contribution >= 4 is 33.5 Å². The van der Waals surface area contributed by atoms with Crippen LogP contribution in [-0.2, 0) is 4.79 Å². The third-order valence-electron chi connectivity index (χ3n) is 7.53. The maximum atomic E-state index is 12.7. The summed E-state index contributed by atoms with van der Waals surface area (Å²) in [4.78, 5) is 38.7. The van der Waals surface area contributed by atoms with Crippen LogP contribution in [0.2, 0.25) is 0 Å². The summed E-state index contributed by atoms with van der Waals surface area (Å²) in [5.41, 5.74) is 6.11. The number of hydrogen-bond donors (Lipinski definition) is 3. The van der Waals surface area contributed by atoms with Crippen molar-refractivity contribution in [3.63, 3.8) is 0 Å². The van der Waals surface area contributed by atoms with Crippen LogP contribution < -0.4 is 5.32 Å². The molecule has 0 unspecified atom stereocenters. The van der Waals surface area contributed by atoms with Crippen LogP contribution in [0.3, 0.4) is 0 Å². The second kappa shape index (κ2) is 9.99. The zero-order valence-corrected chi connectivity index (χ0v) is 22.1. The van der Waals surface area contributed by atoms with Gasteiger partial charge in [0.2, 0.25) is 5.91 Å². The van der Waals surface area contributed by atoms with Crippen molar-refractivity contribution in [1.82, 2.24) is 44.7 Å². The summed E-state index contributed by atoms with van der Waals surface area (Å²) in [5.74, 6) is 1.82. The third kappa shape index (κ3) is 4.59. The van der Waals surface area contributed by atoms with Crippen molar-refractivity contribution in [2.75, 3.05) is 5.32 Å². The van der Waals surface area contributed by atoms with Gasteiger partial charge in [0.1, 0.15) is 17.5 Å². The van der Waals surface area contributed by atoms with Crippen LogP contribution in [0.4, 0.5) is 5.69 Å². The molecule has 1 aliphatic rings. The molecule has 1 aliphatic carbocycles. The SMILES string of the molecule is Cc1cn(-c2nccc3[nH]c(-c4n[nH]c5cnc(-c6cncc(NC(=O)CC7CCCCC7)c6)cc45)nc23)cn1. The Kier molecular flexibility index (Phi) is 6.03. The van der Waals surface area contributed by atoms with Crippen molar-refractivity contribution < 1.29 is 4.79 Å². The highest BCUT2D eigenvalue weighted by molar-refractivity contribution is 5.96. The second-order valence-corrected chi connectivity index (χ2v) is 10.4. The predicted molar refractivity (Wildman–Crippen MR) is 152 cm³/mol. The highest BCUT2D eigenvalue weighted by Gasteiger charge is 2.19. The van der Waals surface area contributed by atoms with Gasteiger partial charge in [0.15, 0.2) is 11.6 Å². The number of anilines is 1. The van der Waals surface area contributed by atoms with Gasteiger partial charge in [-0.15, -0.1) is 0 Å². The molecule has 0 aliphatic heterocycles. The topological polar surface area (TPSA) is 143 Å². The van der Waals surface area contributed by atoms with Gasteiger partial charge in [-0.3, -0.25) is 24.4 Å². The molecule has 3 N–H and O–H groups in total. The van der Waals surface area contributed by atoms with Crippen molar-refractivity contribution in [2.45, 2.75) is 45.4 Å². The molecule has 6 heterocycles. The molecule has 0 bridgehead atoms. The molecule has 6 aromatic heterocycles. The Bertz CT molecular complexity index is 1840. The molecule has 0 saturated heterocycles. The number of aromatic nitrogens is 9. The number of amides is 1. The van der Waals surface area contributed by atoms with E-state index < -0.39 is 0 Å². The molecule has 0 spiro atoms. The number of imidazole rings is 2. The van der Waals surface area contributed by atoms with Crippen LogP contribution in [-0.4, -0.2) is 50.6 Å². The molecule has 1 saturated carbocycles. The van der Waals surface area contributed by atoms with Crippen LogP contribution in [0.15, 0.2) is 55.5 Å². The monoisotopic (exact) mass is 532 g/mol. The summed E-state index contributed by atoms with van der Waals surface area (Å²) in [6.45, 7) is 1.94. The van der Waals surface area contributed by atoms with E-state index in [0.29, 0.717) is 35.4 Å². The number of nitrogens with zero attached hydrogens (tertiary/aromatic N) is 7. The Hall–Kier alpha value is -4.93. The van der Waals surface area contributed by atoms with E-state index in [1.807, 2.05) is 35.9 Å². The first-order valence-corrected chi connectivity index (χ1v) is 13.6. The van der Waals surface area contributed by atoms with Crippen molar-refractivity contribution in [3.05, 3.63) is 61.2 Å². The molecule has 6 aromatic rings. The molecule has 0 aromatic carbocycles. The quantitative estimate of drug-likeness (QED) is 0.262. The maximum Gasteiger partial charge on any atom is 0.224 e. The lowest BCUT2D eigenvalue weighted by Gasteiger charge is -2.20. The normalized spacial score (nSPS) is 14.2. The number of carbonyl (C=O) groups is 1. The van der Waals surface area contributed by atoms with E-state index in [4.69, 9.17) is 4.98 Å². The van der Waals surface area contributed by atoms with Gasteiger partial charge in [-0.1, -0.05) is 19.3 Å². The van der Waals surface area contributed by atoms with Gasteiger partial charge in [0, 0.05) is 36.0 Å². The zero-order chi connectivity index (χ0) is 27.1. The molecule has 1 amide bonds. The van der Waals surface area contributed by atoms with Gasteiger partial charge in [-0.2, -0.15) is 5.10 Å². The van der Waals surface area contributed by atoms with Gasteiger partial charge >= 0.3 is 0 Å². The summed E-state index contributed by atoms with van der Waals surface area (Å²) in [7, 11) is 0. The fraction of sp³-hybridized carbons (Fsp3) is 0.276. The van der Waals surface area contributed by atoms with Crippen molar-refractivity contribution in [3.8, 4) is 28.6 Å². The summed E-state index contributed by atoms with van der Waals surface area (Å²) < 4.78 is 1.86. The Morgan fingerprint density at radius 3 is 2.83 bits per heavy atom. The summed E-state index contributed by atoms with van der Waals surface area (Å²) >= 11 is 0. The lowest BCUT2D eigenvalue weighted by Crippen LogP contribution is -2.18. The van der Waals surface area contributed by atoms with Crippen LogP contribution in [0.25, 0.3) is 50.5 Å². The molecule has 0 radical (unpaired) electrons. The summed E-state index contributed by atoms with van der Waals surface area (Å²) in [6.07, 6.45) is 17.1. The third-order valence-corrected chi connectivity index (χ3v) is 7.53. The molecular weight excluding hydrogens is 504 g/mol. The number of carbonyl (C=O) groups excluding carboxylic acids is 1. The number of nitrogens with one attached hydrogen (secondary N) is 3. The van der Waals surface area contributed by atoms with E-state index in [2.05, 4.69) is 40.4 Å². The molecule has 200 valence electrons. The summed E-state index contributed by atoms with van der Waals surface area (Å²) in [5, 5.41) is 11.5. The number of aryl methyl sites for hydroxylation is 1. The molecule has 11 heteroatoms. The number of fused-ring (bicyclic) bond motifs is 2. The van der Waals surface area contributed by atoms with Crippen LogP contribution in [0, 0.1) is 12.8 Å². The minimum absolute atomic E-state index is 0.0379. The van der Waals surface area contributed by atoms with E-state index in [1.54, 1.807) is 31.1 Å². The van der Waals surface area contributed by atoms with Gasteiger partial charge in [-0.05, 0) is 43.9 Å². The molecule has 0 atom stereocenters. The van der Waals surface area contributed by atoms with E-state index >= 15 is 0 Å². The van der Waals surface area contributed by atoms with E-state index in [-0.39, 0.29) is 5.91 Å². The highest BCUT2D eigenvalue weighted by atomic mass is 16.1. The van der Waals surface area contributed by atoms with E-state index in [9.17, 15) is 4.79 Å². The Balaban J connectivity index is 1.19. The van der Waals surface area contributed by atoms with Gasteiger partial charge in [0.05, 0.1) is 40.5 Å². The first-order valence-electron chi connectivity index (χ1n) is 13.6.